The lowest BCUT2D eigenvalue weighted by Gasteiger charge is -2.23. The molecule has 7 nitrogen and oxygen atoms in total. The molecule has 2 N–H and O–H groups in total. The number of rotatable bonds is 5. The molecule has 1 aromatic rings. The lowest BCUT2D eigenvalue weighted by molar-refractivity contribution is -0.134. The summed E-state index contributed by atoms with van der Waals surface area (Å²) >= 11 is 0. The van der Waals surface area contributed by atoms with E-state index in [-0.39, 0.29) is 12.5 Å². The summed E-state index contributed by atoms with van der Waals surface area (Å²) in [6.07, 6.45) is 5.86. The van der Waals surface area contributed by atoms with E-state index in [0.717, 1.165) is 17.7 Å². The zero-order valence-electron chi connectivity index (χ0n) is 15.5. The van der Waals surface area contributed by atoms with Gasteiger partial charge in [0, 0.05) is 6.54 Å². The largest absolute Gasteiger partial charge is 0.354 e. The smallest absolute Gasteiger partial charge is 0.325 e. The molecule has 1 atom stereocenters. The van der Waals surface area contributed by atoms with Crippen molar-refractivity contribution in [1.29, 1.82) is 5.26 Å². The molecule has 2 fully saturated rings. The number of hydrogen-bond acceptors (Lipinski definition) is 4. The molecule has 0 radical (unpaired) electrons. The van der Waals surface area contributed by atoms with Gasteiger partial charge < -0.3 is 10.6 Å². The van der Waals surface area contributed by atoms with Crippen LogP contribution in [-0.4, -0.2) is 35.8 Å². The van der Waals surface area contributed by atoms with Crippen molar-refractivity contribution in [2.24, 2.45) is 5.92 Å². The number of urea groups is 1. The summed E-state index contributed by atoms with van der Waals surface area (Å²) in [7, 11) is 0. The first-order valence-corrected chi connectivity index (χ1v) is 9.35. The van der Waals surface area contributed by atoms with E-state index in [4.69, 9.17) is 5.26 Å². The number of imide groups is 1. The van der Waals surface area contributed by atoms with Crippen molar-refractivity contribution >= 4 is 17.8 Å². The molecule has 0 spiro atoms. The minimum atomic E-state index is -1.24. The van der Waals surface area contributed by atoms with E-state index in [1.165, 1.54) is 19.3 Å². The van der Waals surface area contributed by atoms with Crippen molar-refractivity contribution in [3.63, 3.8) is 0 Å². The van der Waals surface area contributed by atoms with Crippen LogP contribution >= 0.6 is 0 Å². The van der Waals surface area contributed by atoms with Crippen LogP contribution in [0.25, 0.3) is 0 Å². The maximum Gasteiger partial charge on any atom is 0.325 e. The molecular weight excluding hydrogens is 344 g/mol. The Kier molecular flexibility index (Phi) is 5.45. The fourth-order valence-corrected chi connectivity index (χ4v) is 3.76. The summed E-state index contributed by atoms with van der Waals surface area (Å²) in [6, 6.07) is 7.91. The minimum Gasteiger partial charge on any atom is -0.354 e. The Labute approximate surface area is 158 Å². The molecule has 1 saturated carbocycles. The van der Waals surface area contributed by atoms with E-state index >= 15 is 0 Å². The lowest BCUT2D eigenvalue weighted by Crippen LogP contribution is -2.44. The van der Waals surface area contributed by atoms with Crippen LogP contribution in [0, 0.1) is 17.2 Å². The summed E-state index contributed by atoms with van der Waals surface area (Å²) in [5.41, 5.74) is -0.197. The van der Waals surface area contributed by atoms with Crippen LogP contribution in [0.1, 0.15) is 50.2 Å². The van der Waals surface area contributed by atoms with Gasteiger partial charge in [0.1, 0.15) is 12.1 Å². The highest BCUT2D eigenvalue weighted by Gasteiger charge is 2.49. The van der Waals surface area contributed by atoms with Crippen LogP contribution in [0.3, 0.4) is 0 Å². The van der Waals surface area contributed by atoms with Gasteiger partial charge in [-0.3, -0.25) is 14.5 Å². The van der Waals surface area contributed by atoms with Gasteiger partial charge in [-0.25, -0.2) is 4.79 Å². The van der Waals surface area contributed by atoms with Crippen molar-refractivity contribution in [3.8, 4) is 6.07 Å². The monoisotopic (exact) mass is 368 g/mol. The van der Waals surface area contributed by atoms with Crippen LogP contribution in [0.2, 0.25) is 0 Å². The van der Waals surface area contributed by atoms with Gasteiger partial charge in [0.15, 0.2) is 0 Å². The molecule has 1 aromatic carbocycles. The Morgan fingerprint density at radius 2 is 1.93 bits per heavy atom. The summed E-state index contributed by atoms with van der Waals surface area (Å²) < 4.78 is 0. The first-order valence-electron chi connectivity index (χ1n) is 9.35. The Morgan fingerprint density at radius 3 is 2.56 bits per heavy atom. The topological polar surface area (TPSA) is 102 Å². The van der Waals surface area contributed by atoms with Crippen molar-refractivity contribution < 1.29 is 14.4 Å². The molecule has 1 heterocycles. The number of nitrogens with zero attached hydrogens (tertiary/aromatic N) is 2. The first-order chi connectivity index (χ1) is 12.9. The number of carbonyl (C=O) groups is 3. The minimum absolute atomic E-state index is 0.288. The van der Waals surface area contributed by atoms with E-state index in [9.17, 15) is 14.4 Å². The lowest BCUT2D eigenvalue weighted by atomic mass is 9.89. The average molecular weight is 368 g/mol. The highest BCUT2D eigenvalue weighted by Crippen LogP contribution is 2.29. The van der Waals surface area contributed by atoms with Gasteiger partial charge in [-0.05, 0) is 43.4 Å². The molecule has 3 rings (SSSR count). The number of hydrogen-bond donors (Lipinski definition) is 2. The highest BCUT2D eigenvalue weighted by molar-refractivity contribution is 6.09. The van der Waals surface area contributed by atoms with E-state index in [1.807, 2.05) is 6.07 Å². The average Bonchev–Trinajstić information content (AvgIpc) is 2.91. The van der Waals surface area contributed by atoms with Gasteiger partial charge in [-0.15, -0.1) is 0 Å². The number of nitrogens with one attached hydrogen (secondary N) is 2. The molecule has 142 valence electrons. The summed E-state index contributed by atoms with van der Waals surface area (Å²) in [5, 5.41) is 14.4. The Hall–Kier alpha value is -2.88. The molecule has 27 heavy (non-hydrogen) atoms. The zero-order chi connectivity index (χ0) is 19.4. The van der Waals surface area contributed by atoms with Gasteiger partial charge in [-0.1, -0.05) is 31.4 Å². The summed E-state index contributed by atoms with van der Waals surface area (Å²) in [4.78, 5) is 38.3. The van der Waals surface area contributed by atoms with Crippen molar-refractivity contribution in [1.82, 2.24) is 15.5 Å². The molecule has 0 aromatic heterocycles. The van der Waals surface area contributed by atoms with Gasteiger partial charge in [-0.2, -0.15) is 5.26 Å². The molecule has 4 amide bonds. The van der Waals surface area contributed by atoms with E-state index in [0.29, 0.717) is 23.6 Å². The van der Waals surface area contributed by atoms with Crippen molar-refractivity contribution in [3.05, 3.63) is 35.4 Å². The normalized spacial score (nSPS) is 23.0. The molecule has 7 heteroatoms. The molecular formula is C20H24N4O3. The van der Waals surface area contributed by atoms with Crippen LogP contribution in [0.5, 0.6) is 0 Å². The summed E-state index contributed by atoms with van der Waals surface area (Å²) in [6.45, 7) is 1.91. The van der Waals surface area contributed by atoms with Gasteiger partial charge in [0.25, 0.3) is 5.91 Å². The van der Waals surface area contributed by atoms with Gasteiger partial charge in [0.05, 0.1) is 11.6 Å². The van der Waals surface area contributed by atoms with E-state index in [2.05, 4.69) is 10.6 Å². The number of carbonyl (C=O) groups excluding carboxylic acids is 3. The SMILES string of the molecule is CC1(c2ccc(C#N)cc2)NC(=O)N(CC(=O)NCC2CCCCC2)C1=O. The highest BCUT2D eigenvalue weighted by atomic mass is 16.2. The predicted molar refractivity (Wildman–Crippen MR) is 98.3 cm³/mol. The standard InChI is InChI=1S/C20H24N4O3/c1-20(16-9-7-14(11-21)8-10-16)18(26)24(19(27)23-20)13-17(25)22-12-15-5-3-2-4-6-15/h7-10,15H,2-6,12-13H2,1H3,(H,22,25)(H,23,27). The second-order valence-corrected chi connectivity index (χ2v) is 7.44. The maximum atomic E-state index is 12.8. The summed E-state index contributed by atoms with van der Waals surface area (Å²) in [5.74, 6) is -0.312. The Morgan fingerprint density at radius 1 is 1.26 bits per heavy atom. The third kappa shape index (κ3) is 3.95. The Bertz CT molecular complexity index is 777. The van der Waals surface area contributed by atoms with Gasteiger partial charge in [0.2, 0.25) is 5.91 Å². The molecule has 2 aliphatic rings. The number of nitriles is 1. The number of amides is 4. The van der Waals surface area contributed by atoms with Crippen molar-refractivity contribution in [2.75, 3.05) is 13.1 Å². The second kappa shape index (κ2) is 7.78. The molecule has 1 aliphatic carbocycles. The van der Waals surface area contributed by atoms with E-state index < -0.39 is 17.5 Å². The third-order valence-corrected chi connectivity index (χ3v) is 5.48. The zero-order valence-corrected chi connectivity index (χ0v) is 15.5. The van der Waals surface area contributed by atoms with Crippen LogP contribution in [0.4, 0.5) is 4.79 Å². The first kappa shape index (κ1) is 18.9. The quantitative estimate of drug-likeness (QED) is 0.776. The maximum absolute atomic E-state index is 12.8. The van der Waals surface area contributed by atoms with Crippen LogP contribution < -0.4 is 10.6 Å². The van der Waals surface area contributed by atoms with E-state index in [1.54, 1.807) is 31.2 Å². The molecule has 1 aliphatic heterocycles. The van der Waals surface area contributed by atoms with Crippen LogP contribution in [-0.2, 0) is 15.1 Å². The molecule has 1 unspecified atom stereocenters. The second-order valence-electron chi connectivity index (χ2n) is 7.44. The molecule has 0 bridgehead atoms. The van der Waals surface area contributed by atoms with Crippen molar-refractivity contribution in [2.45, 2.75) is 44.6 Å². The van der Waals surface area contributed by atoms with Crippen LogP contribution in [0.15, 0.2) is 24.3 Å². The van der Waals surface area contributed by atoms with Gasteiger partial charge >= 0.3 is 6.03 Å². The third-order valence-electron chi connectivity index (χ3n) is 5.48. The number of benzene rings is 1. The molecule has 1 saturated heterocycles. The predicted octanol–water partition coefficient (Wildman–Crippen LogP) is 2.02. The fourth-order valence-electron chi connectivity index (χ4n) is 3.76. The fraction of sp³-hybridized carbons (Fsp3) is 0.500. The Balaban J connectivity index is 1.62.